The molecule has 516 valence electrons. The van der Waals surface area contributed by atoms with Crippen LogP contribution in [-0.2, 0) is 0 Å². The third kappa shape index (κ3) is 35.5. The molecular formula is C78H132O12. The quantitative estimate of drug-likeness (QED) is 0.0182. The summed E-state index contributed by atoms with van der Waals surface area (Å²) < 4.78 is 41.2. The topological polar surface area (TPSA) is 177 Å². The Kier molecular flexibility index (Phi) is 48.6. The summed E-state index contributed by atoms with van der Waals surface area (Å²) in [4.78, 5) is 0. The molecule has 0 saturated heterocycles. The number of aliphatic hydroxyl groups excluding tert-OH is 6. The van der Waals surface area contributed by atoms with Crippen molar-refractivity contribution in [3.8, 4) is 34.5 Å². The molecule has 0 bridgehead atoms. The number of ether oxygens (including phenoxy) is 6. The summed E-state index contributed by atoms with van der Waals surface area (Å²) in [5, 5.41) is 61.9. The van der Waals surface area contributed by atoms with Crippen LogP contribution in [0.15, 0.2) is 36.4 Å². The van der Waals surface area contributed by atoms with Crippen LogP contribution in [0, 0.1) is 0 Å². The van der Waals surface area contributed by atoms with E-state index in [4.69, 9.17) is 28.4 Å². The molecule has 0 amide bonds. The van der Waals surface area contributed by atoms with Crippen molar-refractivity contribution in [2.24, 2.45) is 0 Å². The minimum absolute atomic E-state index is 0.278. The van der Waals surface area contributed by atoms with Gasteiger partial charge in [-0.05, 0) is 146 Å². The van der Waals surface area contributed by atoms with Crippen LogP contribution < -0.4 is 28.4 Å². The van der Waals surface area contributed by atoms with E-state index in [1.807, 2.05) is 0 Å². The van der Waals surface area contributed by atoms with Crippen molar-refractivity contribution in [2.45, 2.75) is 308 Å². The van der Waals surface area contributed by atoms with E-state index in [0.717, 1.165) is 221 Å². The monoisotopic (exact) mass is 1260 g/mol. The molecule has 0 spiro atoms. The van der Waals surface area contributed by atoms with E-state index in [1.54, 1.807) is 0 Å². The summed E-state index contributed by atoms with van der Waals surface area (Å²) in [6.07, 6.45) is 52.7. The van der Waals surface area contributed by atoms with Crippen LogP contribution in [0.2, 0.25) is 0 Å². The normalized spacial score (nSPS) is 11.7. The second kappa shape index (κ2) is 55.7. The largest absolute Gasteiger partial charge is 0.490 e. The van der Waals surface area contributed by atoms with Gasteiger partial charge in [-0.2, -0.15) is 0 Å². The molecule has 4 aromatic rings. The molecule has 0 fully saturated rings. The van der Waals surface area contributed by atoms with Crippen molar-refractivity contribution >= 4 is 32.3 Å². The molecule has 0 saturated carbocycles. The molecular weight excluding hydrogens is 1130 g/mol. The number of aliphatic hydroxyl groups is 6. The molecule has 0 aliphatic carbocycles. The Morgan fingerprint density at radius 2 is 0.244 bits per heavy atom. The van der Waals surface area contributed by atoms with E-state index >= 15 is 0 Å². The van der Waals surface area contributed by atoms with E-state index in [9.17, 15) is 30.6 Å². The van der Waals surface area contributed by atoms with Gasteiger partial charge in [-0.3, -0.25) is 0 Å². The number of rotatable bonds is 66. The van der Waals surface area contributed by atoms with Crippen molar-refractivity contribution in [1.82, 2.24) is 0 Å². The molecule has 0 aliphatic heterocycles. The van der Waals surface area contributed by atoms with Crippen LogP contribution in [0.4, 0.5) is 0 Å². The molecule has 4 rings (SSSR count). The number of unbranched alkanes of at least 4 members (excludes halogenated alkanes) is 42. The Morgan fingerprint density at radius 1 is 0.144 bits per heavy atom. The van der Waals surface area contributed by atoms with Gasteiger partial charge in [0.25, 0.3) is 0 Å². The first kappa shape index (κ1) is 78.7. The van der Waals surface area contributed by atoms with Crippen molar-refractivity contribution in [2.75, 3.05) is 79.3 Å². The van der Waals surface area contributed by atoms with Crippen molar-refractivity contribution in [3.63, 3.8) is 0 Å². The standard InChI is InChI=1S/C78H132O12/c79-49-37-25-13-1-7-19-31-43-55-85-73-61-67-68(62-74(73)86-56-44-32-20-8-2-14-26-38-50-80)70-64-76(88-58-46-34-22-10-4-16-28-40-52-82)78(90-60-48-36-24-12-6-18-30-42-54-84)66-72(70)71-65-77(89-59-47-35-23-11-5-17-29-41-53-83)75(63-69(67)71)87-57-45-33-21-9-3-15-27-39-51-81/h61-66,79-84H,1-60H2. The summed E-state index contributed by atoms with van der Waals surface area (Å²) in [6, 6.07) is 13.4. The molecule has 0 heterocycles. The summed E-state index contributed by atoms with van der Waals surface area (Å²) in [6.45, 7) is 5.25. The van der Waals surface area contributed by atoms with Crippen molar-refractivity contribution in [3.05, 3.63) is 36.4 Å². The highest BCUT2D eigenvalue weighted by Gasteiger charge is 2.21. The van der Waals surface area contributed by atoms with Gasteiger partial charge in [0, 0.05) is 39.6 Å². The molecule has 12 heteroatoms. The Labute approximate surface area is 547 Å². The van der Waals surface area contributed by atoms with Gasteiger partial charge >= 0.3 is 0 Å². The molecule has 6 N–H and O–H groups in total. The maximum atomic E-state index is 9.25. The fourth-order valence-corrected chi connectivity index (χ4v) is 12.4. The first-order chi connectivity index (χ1) is 44.6. The minimum Gasteiger partial charge on any atom is -0.490 e. The fourth-order valence-electron chi connectivity index (χ4n) is 12.4. The molecule has 0 unspecified atom stereocenters. The predicted octanol–water partition coefficient (Wildman–Crippen LogP) is 20.1. The van der Waals surface area contributed by atoms with Gasteiger partial charge in [0.2, 0.25) is 0 Å². The summed E-state index contributed by atoms with van der Waals surface area (Å²) in [5.74, 6) is 4.58. The Bertz CT molecular complexity index is 1870. The zero-order valence-electron chi connectivity index (χ0n) is 57.0. The molecule has 90 heavy (non-hydrogen) atoms. The van der Waals surface area contributed by atoms with Gasteiger partial charge in [0.1, 0.15) is 0 Å². The maximum Gasteiger partial charge on any atom is 0.161 e. The Balaban J connectivity index is 1.80. The molecule has 0 atom stereocenters. The molecule has 4 aromatic carbocycles. The SMILES string of the molecule is OCCCCCCCCCCOc1cc2c3cc(OCCCCCCCCCCO)c(OCCCCCCCCCCO)cc3c3cc(OCCCCCCCCCCO)c(OCCCCCCCCCCO)cc3c2cc1OCCCCCCCCCCO. The highest BCUT2D eigenvalue weighted by molar-refractivity contribution is 6.26. The second-order valence-corrected chi connectivity index (χ2v) is 25.9. The summed E-state index contributed by atoms with van der Waals surface area (Å²) in [5.41, 5.74) is 0. The first-order valence-corrected chi connectivity index (χ1v) is 37.6. The van der Waals surface area contributed by atoms with Gasteiger partial charge in [-0.1, -0.05) is 231 Å². The lowest BCUT2D eigenvalue weighted by Crippen LogP contribution is -2.05. The van der Waals surface area contributed by atoms with Crippen LogP contribution in [-0.4, -0.2) is 110 Å². The zero-order valence-corrected chi connectivity index (χ0v) is 57.0. The van der Waals surface area contributed by atoms with Gasteiger partial charge in [-0.15, -0.1) is 0 Å². The predicted molar refractivity (Wildman–Crippen MR) is 376 cm³/mol. The molecule has 0 aromatic heterocycles. The molecule has 0 radical (unpaired) electrons. The van der Waals surface area contributed by atoms with E-state index in [1.165, 1.54) is 154 Å². The van der Waals surface area contributed by atoms with Gasteiger partial charge in [0.15, 0.2) is 34.5 Å². The van der Waals surface area contributed by atoms with E-state index in [-0.39, 0.29) is 39.6 Å². The average Bonchev–Trinajstić information content (AvgIpc) is 0.735. The van der Waals surface area contributed by atoms with Gasteiger partial charge in [-0.25, -0.2) is 0 Å². The first-order valence-electron chi connectivity index (χ1n) is 37.6. The van der Waals surface area contributed by atoms with E-state index in [2.05, 4.69) is 36.4 Å². The van der Waals surface area contributed by atoms with E-state index < -0.39 is 0 Å². The van der Waals surface area contributed by atoms with E-state index in [0.29, 0.717) is 39.6 Å². The highest BCUT2D eigenvalue weighted by atomic mass is 16.5. The number of benzene rings is 4. The van der Waals surface area contributed by atoms with Gasteiger partial charge in [0.05, 0.1) is 39.6 Å². The van der Waals surface area contributed by atoms with Crippen LogP contribution >= 0.6 is 0 Å². The smallest absolute Gasteiger partial charge is 0.161 e. The van der Waals surface area contributed by atoms with Crippen LogP contribution in [0.5, 0.6) is 34.5 Å². The minimum atomic E-state index is 0.278. The Morgan fingerprint density at radius 3 is 0.356 bits per heavy atom. The van der Waals surface area contributed by atoms with Crippen LogP contribution in [0.25, 0.3) is 32.3 Å². The summed E-state index contributed by atoms with van der Waals surface area (Å²) in [7, 11) is 0. The third-order valence-electron chi connectivity index (χ3n) is 18.0. The average molecular weight is 1260 g/mol. The lowest BCUT2D eigenvalue weighted by atomic mass is 9.93. The van der Waals surface area contributed by atoms with Crippen molar-refractivity contribution in [1.29, 1.82) is 0 Å². The summed E-state index contributed by atoms with van der Waals surface area (Å²) >= 11 is 0. The fraction of sp³-hybridized carbons (Fsp3) is 0.769. The molecule has 12 nitrogen and oxygen atoms in total. The zero-order chi connectivity index (χ0) is 63.8. The lowest BCUT2D eigenvalue weighted by molar-refractivity contribution is 0.258. The highest BCUT2D eigenvalue weighted by Crippen LogP contribution is 2.47. The lowest BCUT2D eigenvalue weighted by Gasteiger charge is -2.21. The second-order valence-electron chi connectivity index (χ2n) is 25.9. The number of fused-ring (bicyclic) bond motifs is 6. The Hall–Kier alpha value is -3.78. The van der Waals surface area contributed by atoms with Gasteiger partial charge < -0.3 is 59.1 Å². The maximum absolute atomic E-state index is 9.25. The number of hydrogen-bond acceptors (Lipinski definition) is 12. The molecule has 0 aliphatic rings. The van der Waals surface area contributed by atoms with Crippen LogP contribution in [0.1, 0.15) is 308 Å². The number of hydrogen-bond donors (Lipinski definition) is 6. The third-order valence-corrected chi connectivity index (χ3v) is 18.0. The van der Waals surface area contributed by atoms with Crippen LogP contribution in [0.3, 0.4) is 0 Å². The van der Waals surface area contributed by atoms with Crippen molar-refractivity contribution < 1.29 is 59.1 Å².